The van der Waals surface area contributed by atoms with Gasteiger partial charge in [-0.15, -0.1) is 12.4 Å². The normalized spacial score (nSPS) is 36.8. The molecule has 3 atom stereocenters. The molecule has 2 saturated heterocycles. The van der Waals surface area contributed by atoms with Gasteiger partial charge in [-0.3, -0.25) is 4.90 Å². The molecule has 0 amide bonds. The third kappa shape index (κ3) is 3.59. The number of hydrogen-bond acceptors (Lipinski definition) is 3. The SMILES string of the molecule is C[C@@H]1CNC[C@H](C)N1CC1CCCOC1.Cl. The Labute approximate surface area is 105 Å². The van der Waals surface area contributed by atoms with Gasteiger partial charge in [0.15, 0.2) is 0 Å². The highest BCUT2D eigenvalue weighted by Crippen LogP contribution is 2.19. The summed E-state index contributed by atoms with van der Waals surface area (Å²) in [5.74, 6) is 0.766. The third-order valence-corrected chi connectivity index (χ3v) is 3.74. The molecule has 0 aromatic rings. The van der Waals surface area contributed by atoms with Crippen LogP contribution in [0.15, 0.2) is 0 Å². The lowest BCUT2D eigenvalue weighted by atomic mass is 9.99. The van der Waals surface area contributed by atoms with Crippen LogP contribution in [0.4, 0.5) is 0 Å². The van der Waals surface area contributed by atoms with Gasteiger partial charge in [-0.25, -0.2) is 0 Å². The summed E-state index contributed by atoms with van der Waals surface area (Å²) in [5.41, 5.74) is 0. The standard InChI is InChI=1S/C12H24N2O.ClH/c1-10-6-13-7-11(2)14(10)8-12-4-3-5-15-9-12;/h10-13H,3-9H2,1-2H3;1H/t10-,11+,12?;. The molecule has 2 heterocycles. The van der Waals surface area contributed by atoms with Gasteiger partial charge in [0.2, 0.25) is 0 Å². The molecule has 0 spiro atoms. The van der Waals surface area contributed by atoms with Crippen molar-refractivity contribution < 1.29 is 4.74 Å². The van der Waals surface area contributed by atoms with E-state index in [0.29, 0.717) is 12.1 Å². The maximum atomic E-state index is 5.55. The first-order valence-corrected chi connectivity index (χ1v) is 6.31. The number of nitrogens with zero attached hydrogens (tertiary/aromatic N) is 1. The Hall–Kier alpha value is 0.170. The molecule has 0 radical (unpaired) electrons. The number of nitrogens with one attached hydrogen (secondary N) is 1. The van der Waals surface area contributed by atoms with Crippen LogP contribution in [0.2, 0.25) is 0 Å². The fourth-order valence-electron chi connectivity index (χ4n) is 2.78. The minimum atomic E-state index is 0. The zero-order valence-corrected chi connectivity index (χ0v) is 11.3. The molecule has 96 valence electrons. The lowest BCUT2D eigenvalue weighted by Gasteiger charge is -2.41. The molecule has 0 aromatic heterocycles. The van der Waals surface area contributed by atoms with Crippen molar-refractivity contribution in [1.82, 2.24) is 10.2 Å². The Balaban J connectivity index is 0.00000128. The van der Waals surface area contributed by atoms with Crippen LogP contribution >= 0.6 is 12.4 Å². The average molecular weight is 249 g/mol. The molecule has 0 saturated carbocycles. The van der Waals surface area contributed by atoms with Crippen LogP contribution in [-0.4, -0.2) is 49.8 Å². The van der Waals surface area contributed by atoms with Crippen molar-refractivity contribution in [2.75, 3.05) is 32.8 Å². The fourth-order valence-corrected chi connectivity index (χ4v) is 2.78. The first-order valence-electron chi connectivity index (χ1n) is 6.31. The van der Waals surface area contributed by atoms with Gasteiger partial charge >= 0.3 is 0 Å². The van der Waals surface area contributed by atoms with E-state index in [9.17, 15) is 0 Å². The molecule has 2 rings (SSSR count). The molecule has 0 aliphatic carbocycles. The summed E-state index contributed by atoms with van der Waals surface area (Å²) in [7, 11) is 0. The van der Waals surface area contributed by atoms with Gasteiger partial charge < -0.3 is 10.1 Å². The molecule has 1 N–H and O–H groups in total. The van der Waals surface area contributed by atoms with E-state index < -0.39 is 0 Å². The van der Waals surface area contributed by atoms with Crippen LogP contribution < -0.4 is 5.32 Å². The van der Waals surface area contributed by atoms with E-state index in [1.54, 1.807) is 0 Å². The lowest BCUT2D eigenvalue weighted by Crippen LogP contribution is -2.56. The van der Waals surface area contributed by atoms with Crippen LogP contribution in [0.3, 0.4) is 0 Å². The molecule has 0 aromatic carbocycles. The first kappa shape index (κ1) is 14.2. The van der Waals surface area contributed by atoms with E-state index in [-0.39, 0.29) is 12.4 Å². The average Bonchev–Trinajstić information content (AvgIpc) is 2.25. The van der Waals surface area contributed by atoms with Gasteiger partial charge in [0.1, 0.15) is 0 Å². The minimum Gasteiger partial charge on any atom is -0.381 e. The highest BCUT2D eigenvalue weighted by atomic mass is 35.5. The maximum absolute atomic E-state index is 5.55. The van der Waals surface area contributed by atoms with Gasteiger partial charge in [0.25, 0.3) is 0 Å². The Kier molecular flexibility index (Phi) is 6.05. The zero-order valence-electron chi connectivity index (χ0n) is 10.4. The van der Waals surface area contributed by atoms with Gasteiger partial charge in [0.05, 0.1) is 6.61 Å². The highest BCUT2D eigenvalue weighted by Gasteiger charge is 2.27. The molecule has 2 fully saturated rings. The fraction of sp³-hybridized carbons (Fsp3) is 1.00. The maximum Gasteiger partial charge on any atom is 0.0506 e. The summed E-state index contributed by atoms with van der Waals surface area (Å²) in [4.78, 5) is 2.65. The van der Waals surface area contributed by atoms with Gasteiger partial charge in [-0.05, 0) is 32.6 Å². The summed E-state index contributed by atoms with van der Waals surface area (Å²) in [6.07, 6.45) is 2.60. The summed E-state index contributed by atoms with van der Waals surface area (Å²) >= 11 is 0. The third-order valence-electron chi connectivity index (χ3n) is 3.74. The molecule has 0 bridgehead atoms. The van der Waals surface area contributed by atoms with Crippen molar-refractivity contribution in [2.45, 2.75) is 38.8 Å². The van der Waals surface area contributed by atoms with E-state index >= 15 is 0 Å². The molecule has 1 unspecified atom stereocenters. The quantitative estimate of drug-likeness (QED) is 0.802. The van der Waals surface area contributed by atoms with Gasteiger partial charge in [-0.1, -0.05) is 0 Å². The lowest BCUT2D eigenvalue weighted by molar-refractivity contribution is 0.0166. The summed E-state index contributed by atoms with van der Waals surface area (Å²) in [6.45, 7) is 10.1. The second-order valence-electron chi connectivity index (χ2n) is 5.14. The van der Waals surface area contributed by atoms with E-state index in [1.165, 1.54) is 19.4 Å². The summed E-state index contributed by atoms with van der Waals surface area (Å²) < 4.78 is 5.55. The summed E-state index contributed by atoms with van der Waals surface area (Å²) in [6, 6.07) is 1.35. The topological polar surface area (TPSA) is 24.5 Å². The predicted molar refractivity (Wildman–Crippen MR) is 69.3 cm³/mol. The van der Waals surface area contributed by atoms with Crippen molar-refractivity contribution in [2.24, 2.45) is 5.92 Å². The number of halogens is 1. The van der Waals surface area contributed by atoms with Crippen LogP contribution in [0.25, 0.3) is 0 Å². The van der Waals surface area contributed by atoms with Crippen molar-refractivity contribution in [1.29, 1.82) is 0 Å². The molecular formula is C12H25ClN2O. The van der Waals surface area contributed by atoms with E-state index in [4.69, 9.17) is 4.74 Å². The first-order chi connectivity index (χ1) is 7.27. The number of rotatable bonds is 2. The van der Waals surface area contributed by atoms with Gasteiger partial charge in [0, 0.05) is 38.3 Å². The van der Waals surface area contributed by atoms with Crippen molar-refractivity contribution >= 4 is 12.4 Å². The monoisotopic (exact) mass is 248 g/mol. The Morgan fingerprint density at radius 1 is 1.25 bits per heavy atom. The number of hydrogen-bond donors (Lipinski definition) is 1. The number of piperazine rings is 1. The second kappa shape index (κ2) is 6.80. The van der Waals surface area contributed by atoms with Crippen molar-refractivity contribution in [3.8, 4) is 0 Å². The molecule has 4 heteroatoms. The van der Waals surface area contributed by atoms with Gasteiger partial charge in [-0.2, -0.15) is 0 Å². The Morgan fingerprint density at radius 2 is 1.94 bits per heavy atom. The zero-order chi connectivity index (χ0) is 10.7. The molecule has 2 aliphatic rings. The van der Waals surface area contributed by atoms with Crippen LogP contribution in [0, 0.1) is 5.92 Å². The smallest absolute Gasteiger partial charge is 0.0506 e. The second-order valence-corrected chi connectivity index (χ2v) is 5.14. The largest absolute Gasteiger partial charge is 0.381 e. The van der Waals surface area contributed by atoms with Crippen LogP contribution in [0.5, 0.6) is 0 Å². The summed E-state index contributed by atoms with van der Waals surface area (Å²) in [5, 5.41) is 3.48. The highest BCUT2D eigenvalue weighted by molar-refractivity contribution is 5.85. The van der Waals surface area contributed by atoms with Crippen LogP contribution in [-0.2, 0) is 4.74 Å². The minimum absolute atomic E-state index is 0. The predicted octanol–water partition coefficient (Wildman–Crippen LogP) is 1.52. The van der Waals surface area contributed by atoms with Crippen molar-refractivity contribution in [3.63, 3.8) is 0 Å². The van der Waals surface area contributed by atoms with E-state index in [1.807, 2.05) is 0 Å². The van der Waals surface area contributed by atoms with E-state index in [2.05, 4.69) is 24.1 Å². The molecular weight excluding hydrogens is 224 g/mol. The van der Waals surface area contributed by atoms with Crippen molar-refractivity contribution in [3.05, 3.63) is 0 Å². The van der Waals surface area contributed by atoms with Crippen LogP contribution in [0.1, 0.15) is 26.7 Å². The number of ether oxygens (including phenoxy) is 1. The molecule has 16 heavy (non-hydrogen) atoms. The Bertz CT molecular complexity index is 187. The van der Waals surface area contributed by atoms with E-state index in [0.717, 1.165) is 32.2 Å². The molecule has 2 aliphatic heterocycles. The Morgan fingerprint density at radius 3 is 2.50 bits per heavy atom. The molecule has 3 nitrogen and oxygen atoms in total.